The fourth-order valence-corrected chi connectivity index (χ4v) is 1.44. The Morgan fingerprint density at radius 1 is 1.37 bits per heavy atom. The second kappa shape index (κ2) is 7.48. The number of likely N-dealkylation sites (N-methyl/N-ethyl adjacent to an activating group) is 1. The molecule has 6 heteroatoms. The number of hydrogen-bond acceptors (Lipinski definition) is 3. The van der Waals surface area contributed by atoms with Gasteiger partial charge in [0.05, 0.1) is 12.6 Å². The van der Waals surface area contributed by atoms with Crippen LogP contribution in [0.25, 0.3) is 0 Å². The van der Waals surface area contributed by atoms with Crippen LogP contribution in [0.1, 0.15) is 13.8 Å². The van der Waals surface area contributed by atoms with E-state index in [0.717, 1.165) is 0 Å². The number of halogens is 1. The van der Waals surface area contributed by atoms with Crippen LogP contribution in [-0.4, -0.2) is 30.9 Å². The lowest BCUT2D eigenvalue weighted by atomic mass is 10.3. The SMILES string of the molecule is CCNC(=O)C(C)NCC(=O)Nc1cccc(F)c1. The van der Waals surface area contributed by atoms with E-state index >= 15 is 0 Å². The highest BCUT2D eigenvalue weighted by Crippen LogP contribution is 2.08. The zero-order valence-corrected chi connectivity index (χ0v) is 11.0. The highest BCUT2D eigenvalue weighted by molar-refractivity contribution is 5.92. The van der Waals surface area contributed by atoms with Crippen LogP contribution in [0.2, 0.25) is 0 Å². The van der Waals surface area contributed by atoms with Crippen LogP contribution >= 0.6 is 0 Å². The first-order valence-electron chi connectivity index (χ1n) is 6.09. The molecule has 0 saturated carbocycles. The van der Waals surface area contributed by atoms with Gasteiger partial charge in [0, 0.05) is 12.2 Å². The topological polar surface area (TPSA) is 70.2 Å². The molecule has 1 unspecified atom stereocenters. The van der Waals surface area contributed by atoms with Gasteiger partial charge in [0.25, 0.3) is 0 Å². The Hall–Kier alpha value is -1.95. The molecule has 1 atom stereocenters. The lowest BCUT2D eigenvalue weighted by Gasteiger charge is -2.13. The van der Waals surface area contributed by atoms with E-state index in [1.807, 2.05) is 6.92 Å². The predicted molar refractivity (Wildman–Crippen MR) is 71.2 cm³/mol. The van der Waals surface area contributed by atoms with E-state index in [1.54, 1.807) is 13.0 Å². The fraction of sp³-hybridized carbons (Fsp3) is 0.385. The van der Waals surface area contributed by atoms with Gasteiger partial charge in [-0.05, 0) is 32.0 Å². The molecular formula is C13H18FN3O2. The molecule has 5 nitrogen and oxygen atoms in total. The van der Waals surface area contributed by atoms with Crippen molar-refractivity contribution in [3.63, 3.8) is 0 Å². The molecule has 1 rings (SSSR count). The summed E-state index contributed by atoms with van der Waals surface area (Å²) < 4.78 is 12.9. The molecule has 0 aromatic heterocycles. The molecule has 0 aliphatic carbocycles. The minimum Gasteiger partial charge on any atom is -0.355 e. The largest absolute Gasteiger partial charge is 0.355 e. The molecule has 0 bridgehead atoms. The van der Waals surface area contributed by atoms with Gasteiger partial charge in [-0.15, -0.1) is 0 Å². The van der Waals surface area contributed by atoms with Crippen molar-refractivity contribution < 1.29 is 14.0 Å². The third-order valence-electron chi connectivity index (χ3n) is 2.42. The van der Waals surface area contributed by atoms with Gasteiger partial charge in [-0.2, -0.15) is 0 Å². The van der Waals surface area contributed by atoms with Gasteiger partial charge in [0.1, 0.15) is 5.82 Å². The quantitative estimate of drug-likeness (QED) is 0.716. The summed E-state index contributed by atoms with van der Waals surface area (Å²) in [5.74, 6) is -0.913. The van der Waals surface area contributed by atoms with Crippen LogP contribution in [0, 0.1) is 5.82 Å². The molecule has 0 aliphatic rings. The van der Waals surface area contributed by atoms with Gasteiger partial charge in [-0.3, -0.25) is 14.9 Å². The van der Waals surface area contributed by atoms with Gasteiger partial charge >= 0.3 is 0 Å². The van der Waals surface area contributed by atoms with E-state index < -0.39 is 11.9 Å². The molecule has 3 N–H and O–H groups in total. The van der Waals surface area contributed by atoms with Crippen molar-refractivity contribution in [1.29, 1.82) is 0 Å². The number of rotatable bonds is 6. The van der Waals surface area contributed by atoms with Crippen molar-refractivity contribution in [2.45, 2.75) is 19.9 Å². The van der Waals surface area contributed by atoms with Crippen LogP contribution in [0.15, 0.2) is 24.3 Å². The Morgan fingerprint density at radius 2 is 2.11 bits per heavy atom. The first kappa shape index (κ1) is 15.1. The Balaban J connectivity index is 2.38. The van der Waals surface area contributed by atoms with Crippen molar-refractivity contribution in [3.8, 4) is 0 Å². The molecule has 1 aromatic carbocycles. The zero-order valence-electron chi connectivity index (χ0n) is 11.0. The maximum absolute atomic E-state index is 12.9. The second-order valence-corrected chi connectivity index (χ2v) is 4.06. The highest BCUT2D eigenvalue weighted by atomic mass is 19.1. The third kappa shape index (κ3) is 5.48. The molecule has 0 saturated heterocycles. The van der Waals surface area contributed by atoms with Crippen LogP contribution in [-0.2, 0) is 9.59 Å². The van der Waals surface area contributed by atoms with Crippen molar-refractivity contribution in [3.05, 3.63) is 30.1 Å². The van der Waals surface area contributed by atoms with Crippen LogP contribution < -0.4 is 16.0 Å². The number of carbonyl (C=O) groups is 2. The first-order valence-corrected chi connectivity index (χ1v) is 6.09. The maximum Gasteiger partial charge on any atom is 0.238 e. The third-order valence-corrected chi connectivity index (χ3v) is 2.42. The van der Waals surface area contributed by atoms with Crippen molar-refractivity contribution in [1.82, 2.24) is 10.6 Å². The fourth-order valence-electron chi connectivity index (χ4n) is 1.44. The molecule has 0 aliphatic heterocycles. The van der Waals surface area contributed by atoms with E-state index in [4.69, 9.17) is 0 Å². The average molecular weight is 267 g/mol. The number of benzene rings is 1. The smallest absolute Gasteiger partial charge is 0.238 e. The highest BCUT2D eigenvalue weighted by Gasteiger charge is 2.12. The van der Waals surface area contributed by atoms with Crippen molar-refractivity contribution in [2.24, 2.45) is 0 Å². The summed E-state index contributed by atoms with van der Waals surface area (Å²) >= 11 is 0. The summed E-state index contributed by atoms with van der Waals surface area (Å²) in [5, 5.41) is 7.96. The van der Waals surface area contributed by atoms with E-state index in [2.05, 4.69) is 16.0 Å². The van der Waals surface area contributed by atoms with E-state index in [9.17, 15) is 14.0 Å². The van der Waals surface area contributed by atoms with Gasteiger partial charge in [-0.1, -0.05) is 6.07 Å². The van der Waals surface area contributed by atoms with Crippen molar-refractivity contribution in [2.75, 3.05) is 18.4 Å². The first-order chi connectivity index (χ1) is 9.02. The number of nitrogens with one attached hydrogen (secondary N) is 3. The molecule has 0 heterocycles. The van der Waals surface area contributed by atoms with E-state index in [0.29, 0.717) is 12.2 Å². The van der Waals surface area contributed by atoms with E-state index in [-0.39, 0.29) is 18.4 Å². The van der Waals surface area contributed by atoms with Crippen LogP contribution in [0.3, 0.4) is 0 Å². The van der Waals surface area contributed by atoms with Gasteiger partial charge in [-0.25, -0.2) is 4.39 Å². The standard InChI is InChI=1S/C13H18FN3O2/c1-3-15-13(19)9(2)16-8-12(18)17-11-6-4-5-10(14)7-11/h4-7,9,16H,3,8H2,1-2H3,(H,15,19)(H,17,18). The summed E-state index contributed by atoms with van der Waals surface area (Å²) in [7, 11) is 0. The lowest BCUT2D eigenvalue weighted by Crippen LogP contribution is -2.44. The Bertz CT molecular complexity index is 451. The predicted octanol–water partition coefficient (Wildman–Crippen LogP) is 0.878. The zero-order chi connectivity index (χ0) is 14.3. The summed E-state index contributed by atoms with van der Waals surface area (Å²) in [4.78, 5) is 23.0. The van der Waals surface area contributed by atoms with Gasteiger partial charge < -0.3 is 10.6 Å². The average Bonchev–Trinajstić information content (AvgIpc) is 2.36. The molecule has 0 radical (unpaired) electrons. The van der Waals surface area contributed by atoms with Crippen LogP contribution in [0.5, 0.6) is 0 Å². The molecule has 19 heavy (non-hydrogen) atoms. The summed E-state index contributed by atoms with van der Waals surface area (Å²) in [5.41, 5.74) is 0.387. The Kier molecular flexibility index (Phi) is 5.95. The van der Waals surface area contributed by atoms with E-state index in [1.165, 1.54) is 18.2 Å². The molecular weight excluding hydrogens is 249 g/mol. The van der Waals surface area contributed by atoms with Gasteiger partial charge in [0.15, 0.2) is 0 Å². The second-order valence-electron chi connectivity index (χ2n) is 4.06. The van der Waals surface area contributed by atoms with Crippen molar-refractivity contribution >= 4 is 17.5 Å². The number of anilines is 1. The maximum atomic E-state index is 12.9. The molecule has 2 amide bonds. The summed E-state index contributed by atoms with van der Waals surface area (Å²) in [6.45, 7) is 4.01. The minimum atomic E-state index is -0.460. The number of hydrogen-bond donors (Lipinski definition) is 3. The number of amides is 2. The molecule has 104 valence electrons. The molecule has 1 aromatic rings. The minimum absolute atomic E-state index is 0.0190. The Labute approximate surface area is 111 Å². The lowest BCUT2D eigenvalue weighted by molar-refractivity contribution is -0.122. The monoisotopic (exact) mass is 267 g/mol. The summed E-state index contributed by atoms with van der Waals surface area (Å²) in [6.07, 6.45) is 0. The molecule has 0 fully saturated rings. The molecule has 0 spiro atoms. The summed E-state index contributed by atoms with van der Waals surface area (Å²) in [6, 6.07) is 5.17. The van der Waals surface area contributed by atoms with Crippen LogP contribution in [0.4, 0.5) is 10.1 Å². The normalized spacial score (nSPS) is 11.7. The Morgan fingerprint density at radius 3 is 2.74 bits per heavy atom. The number of carbonyl (C=O) groups excluding carboxylic acids is 2. The van der Waals surface area contributed by atoms with Gasteiger partial charge in [0.2, 0.25) is 11.8 Å².